The largest absolute Gasteiger partial charge is 0.490 e. The fourth-order valence-corrected chi connectivity index (χ4v) is 2.37. The molecule has 1 aromatic carbocycles. The third-order valence-electron chi connectivity index (χ3n) is 3.90. The normalized spacial score (nSPS) is 10.7. The molecule has 7 heteroatoms. The van der Waals surface area contributed by atoms with Crippen LogP contribution in [-0.2, 0) is 9.59 Å². The minimum absolute atomic E-state index is 0.0390. The molecule has 0 saturated carbocycles. The number of ether oxygens (including phenoxy) is 2. The first-order valence-corrected chi connectivity index (χ1v) is 9.54. The second-order valence-corrected chi connectivity index (χ2v) is 5.89. The molecule has 0 unspecified atom stereocenters. The van der Waals surface area contributed by atoms with Gasteiger partial charge < -0.3 is 14.4 Å². The fraction of sp³-hybridized carbons (Fsp3) is 0.550. The molecule has 1 N–H and O–H groups in total. The average Bonchev–Trinajstić information content (AvgIpc) is 2.67. The minimum Gasteiger partial charge on any atom is -0.490 e. The topological polar surface area (TPSA) is 80.2 Å². The zero-order valence-electron chi connectivity index (χ0n) is 16.8. The molecule has 0 bridgehead atoms. The van der Waals surface area contributed by atoms with Gasteiger partial charge in [0.25, 0.3) is 5.91 Å². The molecule has 27 heavy (non-hydrogen) atoms. The van der Waals surface area contributed by atoms with E-state index in [0.29, 0.717) is 37.6 Å². The molecule has 1 rings (SSSR count). The third-order valence-corrected chi connectivity index (χ3v) is 3.90. The maximum absolute atomic E-state index is 12.1. The molecule has 0 heterocycles. The standard InChI is InChI=1S/C20H31N3O4/c1-5-9-10-19(24)22-21-14-16-11-12-17(18(13-16)26-8-4)27-15-20(25)23(6-2)7-3/h11-14H,5-10,15H2,1-4H3,(H,22,24)/b21-14+. The van der Waals surface area contributed by atoms with Crippen LogP contribution in [-0.4, -0.2) is 49.2 Å². The van der Waals surface area contributed by atoms with E-state index in [1.807, 2.05) is 27.7 Å². The number of rotatable bonds is 12. The smallest absolute Gasteiger partial charge is 0.260 e. The van der Waals surface area contributed by atoms with Crippen LogP contribution >= 0.6 is 0 Å². The van der Waals surface area contributed by atoms with E-state index in [2.05, 4.69) is 10.5 Å². The lowest BCUT2D eigenvalue weighted by Gasteiger charge is -2.19. The van der Waals surface area contributed by atoms with Crippen molar-refractivity contribution < 1.29 is 19.1 Å². The molecule has 0 aliphatic carbocycles. The van der Waals surface area contributed by atoms with Crippen molar-refractivity contribution in [3.63, 3.8) is 0 Å². The molecule has 0 aromatic heterocycles. The number of benzene rings is 1. The van der Waals surface area contributed by atoms with E-state index in [0.717, 1.165) is 18.4 Å². The van der Waals surface area contributed by atoms with Crippen molar-refractivity contribution >= 4 is 18.0 Å². The van der Waals surface area contributed by atoms with E-state index in [1.165, 1.54) is 0 Å². The number of unbranched alkanes of at least 4 members (excludes halogenated alkanes) is 1. The highest BCUT2D eigenvalue weighted by atomic mass is 16.5. The zero-order valence-corrected chi connectivity index (χ0v) is 16.8. The number of likely N-dealkylation sites (N-methyl/N-ethyl adjacent to an activating group) is 1. The number of hydrazone groups is 1. The van der Waals surface area contributed by atoms with Crippen LogP contribution in [0.3, 0.4) is 0 Å². The highest BCUT2D eigenvalue weighted by molar-refractivity contribution is 5.83. The van der Waals surface area contributed by atoms with Crippen molar-refractivity contribution in [2.75, 3.05) is 26.3 Å². The molecule has 0 saturated heterocycles. The summed E-state index contributed by atoms with van der Waals surface area (Å²) in [6, 6.07) is 5.30. The highest BCUT2D eigenvalue weighted by Crippen LogP contribution is 2.28. The molecule has 0 spiro atoms. The van der Waals surface area contributed by atoms with Crippen molar-refractivity contribution in [1.82, 2.24) is 10.3 Å². The summed E-state index contributed by atoms with van der Waals surface area (Å²) in [5.74, 6) is 0.864. The van der Waals surface area contributed by atoms with Gasteiger partial charge in [0.15, 0.2) is 18.1 Å². The van der Waals surface area contributed by atoms with E-state index in [4.69, 9.17) is 9.47 Å². The van der Waals surface area contributed by atoms with E-state index >= 15 is 0 Å². The lowest BCUT2D eigenvalue weighted by molar-refractivity contribution is -0.133. The van der Waals surface area contributed by atoms with Crippen LogP contribution in [0, 0.1) is 0 Å². The second-order valence-electron chi connectivity index (χ2n) is 5.89. The first-order valence-electron chi connectivity index (χ1n) is 9.54. The summed E-state index contributed by atoms with van der Waals surface area (Å²) in [5.41, 5.74) is 3.27. The monoisotopic (exact) mass is 377 g/mol. The van der Waals surface area contributed by atoms with Gasteiger partial charge in [0.05, 0.1) is 12.8 Å². The lowest BCUT2D eigenvalue weighted by Crippen LogP contribution is -2.34. The van der Waals surface area contributed by atoms with Gasteiger partial charge in [0.1, 0.15) is 0 Å². The van der Waals surface area contributed by atoms with E-state index in [9.17, 15) is 9.59 Å². The number of carbonyl (C=O) groups excluding carboxylic acids is 2. The molecular formula is C20H31N3O4. The van der Waals surface area contributed by atoms with Gasteiger partial charge in [-0.1, -0.05) is 13.3 Å². The van der Waals surface area contributed by atoms with Crippen molar-refractivity contribution in [1.29, 1.82) is 0 Å². The summed E-state index contributed by atoms with van der Waals surface area (Å²) >= 11 is 0. The highest BCUT2D eigenvalue weighted by Gasteiger charge is 2.12. The molecule has 0 aliphatic heterocycles. The molecule has 1 aromatic rings. The minimum atomic E-state index is -0.104. The maximum Gasteiger partial charge on any atom is 0.260 e. The van der Waals surface area contributed by atoms with Gasteiger partial charge >= 0.3 is 0 Å². The maximum atomic E-state index is 12.1. The Morgan fingerprint density at radius 1 is 1.11 bits per heavy atom. The third kappa shape index (κ3) is 8.11. The Morgan fingerprint density at radius 3 is 2.48 bits per heavy atom. The number of nitrogens with one attached hydrogen (secondary N) is 1. The predicted molar refractivity (Wildman–Crippen MR) is 106 cm³/mol. The van der Waals surface area contributed by atoms with Gasteiger partial charge in [-0.15, -0.1) is 0 Å². The van der Waals surface area contributed by atoms with Gasteiger partial charge in [0.2, 0.25) is 5.91 Å². The lowest BCUT2D eigenvalue weighted by atomic mass is 10.2. The Labute approximate surface area is 161 Å². The summed E-state index contributed by atoms with van der Waals surface area (Å²) in [4.78, 5) is 25.4. The van der Waals surface area contributed by atoms with Gasteiger partial charge in [-0.05, 0) is 51.0 Å². The van der Waals surface area contributed by atoms with Gasteiger partial charge in [-0.3, -0.25) is 9.59 Å². The Hall–Kier alpha value is -2.57. The molecule has 0 radical (unpaired) electrons. The second kappa shape index (κ2) is 12.7. The van der Waals surface area contributed by atoms with Crippen LogP contribution in [0.25, 0.3) is 0 Å². The van der Waals surface area contributed by atoms with E-state index in [-0.39, 0.29) is 18.4 Å². The number of nitrogens with zero attached hydrogens (tertiary/aromatic N) is 2. The number of amides is 2. The zero-order chi connectivity index (χ0) is 20.1. The summed E-state index contributed by atoms with van der Waals surface area (Å²) in [5, 5.41) is 3.96. The van der Waals surface area contributed by atoms with Crippen LogP contribution in [0.2, 0.25) is 0 Å². The average molecular weight is 377 g/mol. The SMILES string of the molecule is CCCCC(=O)N/N=C/c1ccc(OCC(=O)N(CC)CC)c(OCC)c1. The van der Waals surface area contributed by atoms with Crippen LogP contribution in [0.4, 0.5) is 0 Å². The summed E-state index contributed by atoms with van der Waals surface area (Å²) < 4.78 is 11.3. The predicted octanol–water partition coefficient (Wildman–Crippen LogP) is 2.97. The Kier molecular flexibility index (Phi) is 10.6. The Balaban J connectivity index is 2.73. The molecular weight excluding hydrogens is 346 g/mol. The number of hydrogen-bond acceptors (Lipinski definition) is 5. The van der Waals surface area contributed by atoms with Crippen LogP contribution < -0.4 is 14.9 Å². The van der Waals surface area contributed by atoms with E-state index < -0.39 is 0 Å². The molecule has 0 atom stereocenters. The van der Waals surface area contributed by atoms with Gasteiger partial charge in [-0.2, -0.15) is 5.10 Å². The molecule has 150 valence electrons. The van der Waals surface area contributed by atoms with Gasteiger partial charge in [-0.25, -0.2) is 5.43 Å². The molecule has 2 amide bonds. The van der Waals surface area contributed by atoms with Crippen LogP contribution in [0.15, 0.2) is 23.3 Å². The van der Waals surface area contributed by atoms with Gasteiger partial charge in [0, 0.05) is 19.5 Å². The van der Waals surface area contributed by atoms with E-state index in [1.54, 1.807) is 29.3 Å². The molecule has 0 aliphatic rings. The number of carbonyl (C=O) groups is 2. The van der Waals surface area contributed by atoms with Crippen LogP contribution in [0.5, 0.6) is 11.5 Å². The first kappa shape index (κ1) is 22.5. The van der Waals surface area contributed by atoms with Crippen molar-refractivity contribution in [2.24, 2.45) is 5.10 Å². The van der Waals surface area contributed by atoms with Crippen LogP contribution in [0.1, 0.15) is 52.5 Å². The summed E-state index contributed by atoms with van der Waals surface area (Å²) in [7, 11) is 0. The fourth-order valence-electron chi connectivity index (χ4n) is 2.37. The quantitative estimate of drug-likeness (QED) is 0.449. The molecule has 0 fully saturated rings. The Bertz CT molecular complexity index is 628. The summed E-state index contributed by atoms with van der Waals surface area (Å²) in [6.07, 6.45) is 3.82. The Morgan fingerprint density at radius 2 is 1.85 bits per heavy atom. The first-order chi connectivity index (χ1) is 13.0. The number of hydrogen-bond donors (Lipinski definition) is 1. The van der Waals surface area contributed by atoms with Crippen molar-refractivity contribution in [2.45, 2.75) is 47.0 Å². The van der Waals surface area contributed by atoms with Crippen molar-refractivity contribution in [3.05, 3.63) is 23.8 Å². The molecule has 7 nitrogen and oxygen atoms in total. The van der Waals surface area contributed by atoms with Crippen molar-refractivity contribution in [3.8, 4) is 11.5 Å². The summed E-state index contributed by atoms with van der Waals surface area (Å²) in [6.45, 7) is 9.50.